The van der Waals surface area contributed by atoms with E-state index in [9.17, 15) is 4.39 Å². The Kier molecular flexibility index (Phi) is 4.82. The number of hydrogen-bond acceptors (Lipinski definition) is 3. The van der Waals surface area contributed by atoms with E-state index >= 15 is 0 Å². The third kappa shape index (κ3) is 3.49. The summed E-state index contributed by atoms with van der Waals surface area (Å²) in [6.07, 6.45) is 1.54. The fraction of sp³-hybridized carbons (Fsp3) is 0.200. The largest absolute Gasteiger partial charge is 0.484 e. The fourth-order valence-electron chi connectivity index (χ4n) is 1.79. The number of hydrogen-bond donors (Lipinski definition) is 1. The molecule has 0 spiro atoms. The topological polar surface area (TPSA) is 35.2 Å². The summed E-state index contributed by atoms with van der Waals surface area (Å²) in [6, 6.07) is 14.2. The molecule has 0 aliphatic carbocycles. The molecule has 0 aliphatic rings. The predicted octanol–water partition coefficient (Wildman–Crippen LogP) is 3.63. The first kappa shape index (κ1) is 13.9. The molecule has 19 heavy (non-hydrogen) atoms. The molecule has 2 nitrogen and oxygen atoms in total. The normalized spacial score (nSPS) is 12.2. The zero-order chi connectivity index (χ0) is 13.7. The van der Waals surface area contributed by atoms with E-state index < -0.39 is 6.10 Å². The lowest BCUT2D eigenvalue weighted by Crippen LogP contribution is -2.19. The SMILES string of the molecule is CSc1ccc(OC(CN)c2ccccc2F)cc1. The standard InChI is InChI=1S/C15H16FNOS/c1-19-12-8-6-11(7-9-12)18-15(10-17)13-4-2-3-5-14(13)16/h2-9,15H,10,17H2,1H3. The van der Waals surface area contributed by atoms with E-state index in [1.807, 2.05) is 30.5 Å². The number of halogens is 1. The van der Waals surface area contributed by atoms with Gasteiger partial charge in [-0.05, 0) is 36.6 Å². The first-order valence-electron chi connectivity index (χ1n) is 6.00. The molecule has 0 aliphatic heterocycles. The first-order valence-corrected chi connectivity index (χ1v) is 7.22. The second-order valence-corrected chi connectivity index (χ2v) is 4.92. The summed E-state index contributed by atoms with van der Waals surface area (Å²) in [5, 5.41) is 0. The van der Waals surface area contributed by atoms with Gasteiger partial charge in [0, 0.05) is 17.0 Å². The minimum absolute atomic E-state index is 0.227. The smallest absolute Gasteiger partial charge is 0.139 e. The molecule has 0 bridgehead atoms. The summed E-state index contributed by atoms with van der Waals surface area (Å²) in [6.45, 7) is 0.227. The monoisotopic (exact) mass is 277 g/mol. The van der Waals surface area contributed by atoms with Crippen molar-refractivity contribution in [3.63, 3.8) is 0 Å². The van der Waals surface area contributed by atoms with E-state index in [1.54, 1.807) is 30.0 Å². The van der Waals surface area contributed by atoms with E-state index in [4.69, 9.17) is 10.5 Å². The average molecular weight is 277 g/mol. The Morgan fingerprint density at radius 1 is 1.16 bits per heavy atom. The maximum Gasteiger partial charge on any atom is 0.139 e. The third-order valence-corrected chi connectivity index (χ3v) is 3.55. The maximum atomic E-state index is 13.7. The molecule has 0 radical (unpaired) electrons. The zero-order valence-corrected chi connectivity index (χ0v) is 11.5. The Bertz CT molecular complexity index is 530. The van der Waals surface area contributed by atoms with Crippen molar-refractivity contribution < 1.29 is 9.13 Å². The molecule has 1 atom stereocenters. The molecule has 2 N–H and O–H groups in total. The molecule has 0 fully saturated rings. The van der Waals surface area contributed by atoms with Crippen LogP contribution in [0.5, 0.6) is 5.75 Å². The average Bonchev–Trinajstić information content (AvgIpc) is 2.46. The molecule has 2 aromatic carbocycles. The van der Waals surface area contributed by atoms with Crippen molar-refractivity contribution in [1.82, 2.24) is 0 Å². The number of rotatable bonds is 5. The van der Waals surface area contributed by atoms with Gasteiger partial charge in [-0.15, -0.1) is 11.8 Å². The van der Waals surface area contributed by atoms with Gasteiger partial charge in [0.15, 0.2) is 0 Å². The van der Waals surface area contributed by atoms with Crippen LogP contribution in [0.15, 0.2) is 53.4 Å². The minimum atomic E-state index is -0.471. The highest BCUT2D eigenvalue weighted by molar-refractivity contribution is 7.98. The Balaban J connectivity index is 2.17. The minimum Gasteiger partial charge on any atom is -0.484 e. The van der Waals surface area contributed by atoms with Crippen molar-refractivity contribution in [2.24, 2.45) is 5.73 Å². The third-order valence-electron chi connectivity index (χ3n) is 2.80. The van der Waals surface area contributed by atoms with Crippen LogP contribution in [-0.2, 0) is 0 Å². The quantitative estimate of drug-likeness (QED) is 0.848. The Labute approximate surface area is 116 Å². The predicted molar refractivity (Wildman–Crippen MR) is 77.0 cm³/mol. The van der Waals surface area contributed by atoms with Crippen LogP contribution in [0.3, 0.4) is 0 Å². The van der Waals surface area contributed by atoms with E-state index in [-0.39, 0.29) is 12.4 Å². The van der Waals surface area contributed by atoms with Crippen molar-refractivity contribution in [2.45, 2.75) is 11.0 Å². The Morgan fingerprint density at radius 3 is 2.42 bits per heavy atom. The van der Waals surface area contributed by atoms with Crippen LogP contribution in [0.4, 0.5) is 4.39 Å². The van der Waals surface area contributed by atoms with Crippen molar-refractivity contribution in [1.29, 1.82) is 0 Å². The highest BCUT2D eigenvalue weighted by Gasteiger charge is 2.15. The van der Waals surface area contributed by atoms with E-state index in [0.717, 1.165) is 4.90 Å². The highest BCUT2D eigenvalue weighted by atomic mass is 32.2. The fourth-order valence-corrected chi connectivity index (χ4v) is 2.20. The van der Waals surface area contributed by atoms with Crippen LogP contribution in [0.2, 0.25) is 0 Å². The molecule has 0 aromatic heterocycles. The van der Waals surface area contributed by atoms with Crippen LogP contribution in [0.1, 0.15) is 11.7 Å². The number of nitrogens with two attached hydrogens (primary N) is 1. The van der Waals surface area contributed by atoms with Gasteiger partial charge in [-0.3, -0.25) is 0 Å². The molecule has 2 rings (SSSR count). The van der Waals surface area contributed by atoms with Crippen molar-refractivity contribution >= 4 is 11.8 Å². The summed E-state index contributed by atoms with van der Waals surface area (Å²) in [7, 11) is 0. The molecule has 4 heteroatoms. The van der Waals surface area contributed by atoms with Crippen molar-refractivity contribution in [3.8, 4) is 5.75 Å². The van der Waals surface area contributed by atoms with Gasteiger partial charge in [-0.25, -0.2) is 4.39 Å². The summed E-state index contributed by atoms with van der Waals surface area (Å²) in [5.41, 5.74) is 6.17. The molecular weight excluding hydrogens is 261 g/mol. The molecule has 1 unspecified atom stereocenters. The summed E-state index contributed by atoms with van der Waals surface area (Å²) in [5.74, 6) is 0.398. The van der Waals surface area contributed by atoms with Gasteiger partial charge in [-0.1, -0.05) is 18.2 Å². The maximum absolute atomic E-state index is 13.7. The van der Waals surface area contributed by atoms with Gasteiger partial charge in [0.25, 0.3) is 0 Å². The van der Waals surface area contributed by atoms with Crippen LogP contribution in [0.25, 0.3) is 0 Å². The second-order valence-electron chi connectivity index (χ2n) is 4.04. The Morgan fingerprint density at radius 2 is 1.84 bits per heavy atom. The van der Waals surface area contributed by atoms with Gasteiger partial charge in [0.1, 0.15) is 17.7 Å². The first-order chi connectivity index (χ1) is 9.24. The van der Waals surface area contributed by atoms with Gasteiger partial charge >= 0.3 is 0 Å². The van der Waals surface area contributed by atoms with E-state index in [2.05, 4.69) is 0 Å². The van der Waals surface area contributed by atoms with Gasteiger partial charge in [-0.2, -0.15) is 0 Å². The van der Waals surface area contributed by atoms with Crippen LogP contribution in [-0.4, -0.2) is 12.8 Å². The van der Waals surface area contributed by atoms with Crippen LogP contribution < -0.4 is 10.5 Å². The van der Waals surface area contributed by atoms with Gasteiger partial charge in [0.2, 0.25) is 0 Å². The van der Waals surface area contributed by atoms with Crippen molar-refractivity contribution in [3.05, 3.63) is 59.9 Å². The second kappa shape index (κ2) is 6.59. The van der Waals surface area contributed by atoms with Crippen molar-refractivity contribution in [2.75, 3.05) is 12.8 Å². The molecule has 0 amide bonds. The molecular formula is C15H16FNOS. The van der Waals surface area contributed by atoms with Gasteiger partial charge in [0.05, 0.1) is 0 Å². The molecule has 2 aromatic rings. The summed E-state index contributed by atoms with van der Waals surface area (Å²) >= 11 is 1.66. The lowest BCUT2D eigenvalue weighted by Gasteiger charge is -2.18. The zero-order valence-electron chi connectivity index (χ0n) is 10.7. The highest BCUT2D eigenvalue weighted by Crippen LogP contribution is 2.25. The number of thioether (sulfide) groups is 1. The van der Waals surface area contributed by atoms with E-state index in [1.165, 1.54) is 6.07 Å². The van der Waals surface area contributed by atoms with Crippen LogP contribution >= 0.6 is 11.8 Å². The summed E-state index contributed by atoms with van der Waals surface area (Å²) < 4.78 is 19.5. The molecule has 0 saturated carbocycles. The van der Waals surface area contributed by atoms with Gasteiger partial charge < -0.3 is 10.5 Å². The molecule has 100 valence electrons. The lowest BCUT2D eigenvalue weighted by atomic mass is 10.1. The van der Waals surface area contributed by atoms with E-state index in [0.29, 0.717) is 11.3 Å². The molecule has 0 saturated heterocycles. The lowest BCUT2D eigenvalue weighted by molar-refractivity contribution is 0.209. The number of ether oxygens (including phenoxy) is 1. The summed E-state index contributed by atoms with van der Waals surface area (Å²) in [4.78, 5) is 1.16. The number of benzene rings is 2. The Hall–Kier alpha value is -1.52. The molecule has 0 heterocycles. The van der Waals surface area contributed by atoms with Crippen LogP contribution in [0, 0.1) is 5.82 Å².